The number of benzene rings is 2. The fourth-order valence-corrected chi connectivity index (χ4v) is 5.45. The molecule has 0 radical (unpaired) electrons. The molecule has 126 valence electrons. The van der Waals surface area contributed by atoms with E-state index in [-0.39, 0.29) is 5.91 Å². The Morgan fingerprint density at radius 1 is 1.04 bits per heavy atom. The zero-order valence-corrected chi connectivity index (χ0v) is 14.3. The van der Waals surface area contributed by atoms with Gasteiger partial charge in [0.2, 0.25) is 5.91 Å². The zero-order valence-electron chi connectivity index (χ0n) is 13.4. The number of hydrogen-bond acceptors (Lipinski definition) is 3. The van der Waals surface area contributed by atoms with Crippen LogP contribution in [0.5, 0.6) is 0 Å². The van der Waals surface area contributed by atoms with E-state index in [4.69, 9.17) is 0 Å². The number of anilines is 1. The van der Waals surface area contributed by atoms with E-state index in [1.54, 1.807) is 12.1 Å². The number of hydrogen-bond donors (Lipinski definition) is 0. The van der Waals surface area contributed by atoms with Crippen molar-refractivity contribution in [2.45, 2.75) is 30.6 Å². The average molecular weight is 344 g/mol. The van der Waals surface area contributed by atoms with E-state index >= 15 is 0 Å². The highest BCUT2D eigenvalue weighted by Crippen LogP contribution is 2.41. The monoisotopic (exact) mass is 344 g/mol. The SMILES string of the molecule is O=C(CCCN1c2cccc3cccc(c23)S1(=O)=O)N1CCCC1. The van der Waals surface area contributed by atoms with Crippen molar-refractivity contribution in [1.82, 2.24) is 4.90 Å². The van der Waals surface area contributed by atoms with E-state index in [1.165, 1.54) is 4.31 Å². The van der Waals surface area contributed by atoms with Crippen LogP contribution in [-0.4, -0.2) is 38.9 Å². The van der Waals surface area contributed by atoms with E-state index in [9.17, 15) is 13.2 Å². The van der Waals surface area contributed by atoms with Gasteiger partial charge in [0.05, 0.1) is 10.6 Å². The number of amides is 1. The number of likely N-dealkylation sites (tertiary alicyclic amines) is 1. The van der Waals surface area contributed by atoms with Gasteiger partial charge < -0.3 is 4.90 Å². The third-order valence-corrected chi connectivity index (χ3v) is 6.75. The van der Waals surface area contributed by atoms with Crippen LogP contribution < -0.4 is 4.31 Å². The fraction of sp³-hybridized carbons (Fsp3) is 0.389. The van der Waals surface area contributed by atoms with E-state index in [2.05, 4.69) is 0 Å². The number of rotatable bonds is 4. The molecule has 2 aromatic rings. The van der Waals surface area contributed by atoms with Crippen molar-refractivity contribution < 1.29 is 13.2 Å². The highest BCUT2D eigenvalue weighted by Gasteiger charge is 2.35. The molecule has 6 heteroatoms. The Bertz CT molecular complexity index is 896. The average Bonchev–Trinajstić information content (AvgIpc) is 3.18. The minimum absolute atomic E-state index is 0.139. The molecule has 5 nitrogen and oxygen atoms in total. The van der Waals surface area contributed by atoms with Crippen LogP contribution in [0.15, 0.2) is 41.3 Å². The number of sulfonamides is 1. The Morgan fingerprint density at radius 2 is 1.75 bits per heavy atom. The molecule has 2 aromatic carbocycles. The molecule has 0 spiro atoms. The summed E-state index contributed by atoms with van der Waals surface area (Å²) in [4.78, 5) is 14.4. The number of carbonyl (C=O) groups is 1. The topological polar surface area (TPSA) is 57.7 Å². The molecule has 0 unspecified atom stereocenters. The van der Waals surface area contributed by atoms with Gasteiger partial charge in [-0.1, -0.05) is 24.3 Å². The van der Waals surface area contributed by atoms with Gasteiger partial charge in [0.25, 0.3) is 10.0 Å². The van der Waals surface area contributed by atoms with Gasteiger partial charge in [0.15, 0.2) is 0 Å². The van der Waals surface area contributed by atoms with Gasteiger partial charge in [-0.15, -0.1) is 0 Å². The van der Waals surface area contributed by atoms with Crippen LogP contribution in [-0.2, 0) is 14.8 Å². The molecule has 24 heavy (non-hydrogen) atoms. The molecule has 0 saturated carbocycles. The minimum Gasteiger partial charge on any atom is -0.343 e. The van der Waals surface area contributed by atoms with Crippen molar-refractivity contribution in [3.63, 3.8) is 0 Å². The van der Waals surface area contributed by atoms with Gasteiger partial charge >= 0.3 is 0 Å². The van der Waals surface area contributed by atoms with Crippen molar-refractivity contribution in [2.75, 3.05) is 23.9 Å². The third kappa shape index (κ3) is 2.36. The predicted molar refractivity (Wildman–Crippen MR) is 93.5 cm³/mol. The van der Waals surface area contributed by atoms with E-state index in [0.717, 1.165) is 42.4 Å². The first-order valence-corrected chi connectivity index (χ1v) is 9.85. The quantitative estimate of drug-likeness (QED) is 0.857. The molecule has 2 aliphatic heterocycles. The first-order chi connectivity index (χ1) is 11.6. The zero-order chi connectivity index (χ0) is 16.7. The molecular weight excluding hydrogens is 324 g/mol. The van der Waals surface area contributed by atoms with Crippen LogP contribution in [0.2, 0.25) is 0 Å². The molecule has 0 atom stereocenters. The molecule has 0 aromatic heterocycles. The van der Waals surface area contributed by atoms with Crippen LogP contribution in [0.25, 0.3) is 10.8 Å². The molecule has 4 rings (SSSR count). The Morgan fingerprint density at radius 3 is 2.50 bits per heavy atom. The highest BCUT2D eigenvalue weighted by molar-refractivity contribution is 7.93. The lowest BCUT2D eigenvalue weighted by Crippen LogP contribution is -2.31. The van der Waals surface area contributed by atoms with Gasteiger partial charge in [0, 0.05) is 31.4 Å². The highest BCUT2D eigenvalue weighted by atomic mass is 32.2. The molecule has 0 bridgehead atoms. The molecular formula is C18H20N2O3S. The lowest BCUT2D eigenvalue weighted by atomic mass is 10.1. The summed E-state index contributed by atoms with van der Waals surface area (Å²) in [6.45, 7) is 2.02. The van der Waals surface area contributed by atoms with Crippen LogP contribution in [0, 0.1) is 0 Å². The van der Waals surface area contributed by atoms with Crippen molar-refractivity contribution in [3.8, 4) is 0 Å². The maximum atomic E-state index is 12.8. The summed E-state index contributed by atoms with van der Waals surface area (Å²) < 4.78 is 27.1. The molecule has 0 N–H and O–H groups in total. The van der Waals surface area contributed by atoms with Crippen LogP contribution in [0.1, 0.15) is 25.7 Å². The molecule has 1 amide bonds. The van der Waals surface area contributed by atoms with Crippen LogP contribution >= 0.6 is 0 Å². The second-order valence-corrected chi connectivity index (χ2v) is 8.23. The van der Waals surface area contributed by atoms with Crippen molar-refractivity contribution in [3.05, 3.63) is 36.4 Å². The van der Waals surface area contributed by atoms with E-state index in [0.29, 0.717) is 24.3 Å². The summed E-state index contributed by atoms with van der Waals surface area (Å²) in [6.07, 6.45) is 3.09. The summed E-state index contributed by atoms with van der Waals surface area (Å²) in [6, 6.07) is 11.0. The van der Waals surface area contributed by atoms with Gasteiger partial charge in [-0.25, -0.2) is 8.42 Å². The second-order valence-electron chi connectivity index (χ2n) is 6.40. The first kappa shape index (κ1) is 15.4. The summed E-state index contributed by atoms with van der Waals surface area (Å²) in [7, 11) is -3.51. The molecule has 2 heterocycles. The fourth-order valence-electron chi connectivity index (χ4n) is 3.70. The van der Waals surface area contributed by atoms with Gasteiger partial charge in [-0.2, -0.15) is 0 Å². The molecule has 1 saturated heterocycles. The molecule has 2 aliphatic rings. The Balaban J connectivity index is 1.54. The third-order valence-electron chi connectivity index (χ3n) is 4.89. The van der Waals surface area contributed by atoms with Gasteiger partial charge in [-0.05, 0) is 36.8 Å². The Kier molecular flexibility index (Phi) is 3.72. The van der Waals surface area contributed by atoms with Crippen molar-refractivity contribution >= 4 is 32.4 Å². The standard InChI is InChI=1S/C18H20N2O3S/c21-17(19-11-1-2-12-19)10-5-13-20-15-8-3-6-14-7-4-9-16(18(14)15)24(20,22)23/h3-4,6-9H,1-2,5,10-13H2. The van der Waals surface area contributed by atoms with Crippen LogP contribution in [0.3, 0.4) is 0 Å². The molecule has 1 fully saturated rings. The smallest absolute Gasteiger partial charge is 0.265 e. The van der Waals surface area contributed by atoms with Gasteiger partial charge in [-0.3, -0.25) is 9.10 Å². The van der Waals surface area contributed by atoms with Gasteiger partial charge in [0.1, 0.15) is 0 Å². The summed E-state index contributed by atoms with van der Waals surface area (Å²) in [5.74, 6) is 0.139. The normalized spacial score (nSPS) is 18.5. The summed E-state index contributed by atoms with van der Waals surface area (Å²) in [5, 5.41) is 1.73. The van der Waals surface area contributed by atoms with E-state index in [1.807, 2.05) is 29.2 Å². The number of carbonyl (C=O) groups excluding carboxylic acids is 1. The first-order valence-electron chi connectivity index (χ1n) is 8.41. The maximum Gasteiger partial charge on any atom is 0.265 e. The maximum absolute atomic E-state index is 12.8. The molecule has 0 aliphatic carbocycles. The minimum atomic E-state index is -3.51. The summed E-state index contributed by atoms with van der Waals surface area (Å²) in [5.41, 5.74) is 0.733. The second kappa shape index (κ2) is 5.77. The Hall–Kier alpha value is -2.08. The summed E-state index contributed by atoms with van der Waals surface area (Å²) >= 11 is 0. The lowest BCUT2D eigenvalue weighted by molar-refractivity contribution is -0.130. The number of nitrogens with zero attached hydrogens (tertiary/aromatic N) is 2. The van der Waals surface area contributed by atoms with Crippen molar-refractivity contribution in [1.29, 1.82) is 0 Å². The Labute approximate surface area is 141 Å². The largest absolute Gasteiger partial charge is 0.343 e. The van der Waals surface area contributed by atoms with Crippen LogP contribution in [0.4, 0.5) is 5.69 Å². The predicted octanol–water partition coefficient (Wildman–Crippen LogP) is 2.75. The van der Waals surface area contributed by atoms with Crippen molar-refractivity contribution in [2.24, 2.45) is 0 Å². The van der Waals surface area contributed by atoms with E-state index < -0.39 is 10.0 Å². The lowest BCUT2D eigenvalue weighted by Gasteiger charge is -2.20.